The molecule has 8 heteroatoms. The Morgan fingerprint density at radius 3 is 2.48 bits per heavy atom. The number of ether oxygens (including phenoxy) is 1. The number of carbonyl (C=O) groups is 2. The number of rotatable bonds is 8. The van der Waals surface area contributed by atoms with Crippen molar-refractivity contribution >= 4 is 35.1 Å². The summed E-state index contributed by atoms with van der Waals surface area (Å²) in [5, 5.41) is 16.7. The highest BCUT2D eigenvalue weighted by Gasteiger charge is 2.45. The number of carboxylic acids is 2. The molecular weight excluding hydrogens is 441 g/mol. The number of hydrogen-bond donors (Lipinski definition) is 2. The zero-order chi connectivity index (χ0) is 23.0. The van der Waals surface area contributed by atoms with Crippen molar-refractivity contribution in [3.05, 3.63) is 40.4 Å². The lowest BCUT2D eigenvalue weighted by molar-refractivity contribution is -0.134. The zero-order valence-corrected chi connectivity index (χ0v) is 19.5. The van der Waals surface area contributed by atoms with E-state index in [0.717, 1.165) is 24.3 Å². The Bertz CT molecular complexity index is 769. The Morgan fingerprint density at radius 1 is 1.19 bits per heavy atom. The summed E-state index contributed by atoms with van der Waals surface area (Å²) in [5.74, 6) is -0.419. The fourth-order valence-corrected chi connectivity index (χ4v) is 5.00. The van der Waals surface area contributed by atoms with Crippen molar-refractivity contribution in [2.75, 3.05) is 13.7 Å². The minimum atomic E-state index is -1.26. The second-order valence-electron chi connectivity index (χ2n) is 8.14. The second-order valence-corrected chi connectivity index (χ2v) is 8.92. The van der Waals surface area contributed by atoms with Gasteiger partial charge in [0, 0.05) is 30.2 Å². The van der Waals surface area contributed by atoms with Crippen LogP contribution >= 0.6 is 23.2 Å². The van der Waals surface area contributed by atoms with E-state index in [1.165, 1.54) is 38.5 Å². The van der Waals surface area contributed by atoms with E-state index < -0.39 is 11.9 Å². The molecule has 2 fully saturated rings. The monoisotopic (exact) mass is 471 g/mol. The quantitative estimate of drug-likeness (QED) is 0.495. The van der Waals surface area contributed by atoms with E-state index in [2.05, 4.69) is 18.9 Å². The van der Waals surface area contributed by atoms with E-state index in [0.29, 0.717) is 34.2 Å². The summed E-state index contributed by atoms with van der Waals surface area (Å²) in [5.41, 5.74) is 0. The average Bonchev–Trinajstić information content (AvgIpc) is 2.97. The first-order valence-electron chi connectivity index (χ1n) is 10.7. The van der Waals surface area contributed by atoms with Gasteiger partial charge in [-0.25, -0.2) is 9.59 Å². The zero-order valence-electron chi connectivity index (χ0n) is 18.0. The number of piperidine rings is 1. The Hall–Kier alpha value is -1.76. The standard InChI is InChI=1S/C19H27Cl2NO.C4H4O4/c1-3-4-6-13-11-14-9-10-17(22(14)2)15(13)12-23-18-8-5-7-16(20)19(18)21;5-3(6)1-2-4(7)8/h5,7-8,13-15,17H,3-4,6,9-12H2,1-2H3;1-2H,(H,5,6)(H,7,8)/b;2-1+/t13-,14?,15+,17?;/m0./s1. The number of aliphatic carboxylic acids is 2. The van der Waals surface area contributed by atoms with Gasteiger partial charge in [-0.2, -0.15) is 0 Å². The Kier molecular flexibility index (Phi) is 10.1. The lowest BCUT2D eigenvalue weighted by atomic mass is 9.78. The third kappa shape index (κ3) is 7.41. The lowest BCUT2D eigenvalue weighted by Crippen LogP contribution is -2.48. The van der Waals surface area contributed by atoms with Gasteiger partial charge in [-0.05, 0) is 50.8 Å². The number of unbranched alkanes of at least 4 members (excludes halogenated alkanes) is 1. The van der Waals surface area contributed by atoms with Crippen LogP contribution in [0, 0.1) is 11.8 Å². The van der Waals surface area contributed by atoms with Crippen molar-refractivity contribution in [2.45, 2.75) is 57.5 Å². The molecule has 0 aliphatic carbocycles. The maximum Gasteiger partial charge on any atom is 0.328 e. The molecule has 2 heterocycles. The number of fused-ring (bicyclic) bond motifs is 2. The van der Waals surface area contributed by atoms with Crippen molar-refractivity contribution in [3.8, 4) is 5.75 Å². The highest BCUT2D eigenvalue weighted by molar-refractivity contribution is 6.42. The minimum Gasteiger partial charge on any atom is -0.492 e. The fourth-order valence-electron chi connectivity index (χ4n) is 4.65. The molecule has 1 aromatic carbocycles. The third-order valence-electron chi connectivity index (χ3n) is 6.21. The molecule has 2 aliphatic rings. The largest absolute Gasteiger partial charge is 0.492 e. The fraction of sp³-hybridized carbons (Fsp3) is 0.565. The third-order valence-corrected chi connectivity index (χ3v) is 7.02. The molecule has 3 rings (SSSR count). The average molecular weight is 472 g/mol. The smallest absolute Gasteiger partial charge is 0.328 e. The molecule has 2 aliphatic heterocycles. The Balaban J connectivity index is 0.000000366. The van der Waals surface area contributed by atoms with Crippen LogP contribution in [0.5, 0.6) is 5.75 Å². The maximum absolute atomic E-state index is 9.55. The molecule has 0 spiro atoms. The van der Waals surface area contributed by atoms with Gasteiger partial charge in [-0.1, -0.05) is 49.0 Å². The van der Waals surface area contributed by atoms with Crippen LogP contribution in [0.25, 0.3) is 0 Å². The molecule has 1 aromatic rings. The first-order valence-corrected chi connectivity index (χ1v) is 11.4. The van der Waals surface area contributed by atoms with Crippen LogP contribution in [0.3, 0.4) is 0 Å². The van der Waals surface area contributed by atoms with Gasteiger partial charge >= 0.3 is 11.9 Å². The predicted octanol–water partition coefficient (Wildman–Crippen LogP) is 5.37. The highest BCUT2D eigenvalue weighted by atomic mass is 35.5. The van der Waals surface area contributed by atoms with E-state index in [1.807, 2.05) is 12.1 Å². The summed E-state index contributed by atoms with van der Waals surface area (Å²) in [6.07, 6.45) is 9.01. The van der Waals surface area contributed by atoms with Crippen LogP contribution in [0.1, 0.15) is 45.4 Å². The van der Waals surface area contributed by atoms with Crippen LogP contribution in [0.15, 0.2) is 30.4 Å². The van der Waals surface area contributed by atoms with Gasteiger partial charge in [0.25, 0.3) is 0 Å². The summed E-state index contributed by atoms with van der Waals surface area (Å²) in [4.78, 5) is 21.7. The van der Waals surface area contributed by atoms with Crippen molar-refractivity contribution in [1.29, 1.82) is 0 Å². The molecule has 2 unspecified atom stereocenters. The van der Waals surface area contributed by atoms with Crippen LogP contribution in [0.4, 0.5) is 0 Å². The highest BCUT2D eigenvalue weighted by Crippen LogP contribution is 2.44. The number of carboxylic acid groups (broad SMARTS) is 2. The van der Waals surface area contributed by atoms with E-state index in [4.69, 9.17) is 38.2 Å². The first kappa shape index (κ1) is 25.5. The summed E-state index contributed by atoms with van der Waals surface area (Å²) < 4.78 is 6.12. The molecule has 4 atom stereocenters. The topological polar surface area (TPSA) is 87.1 Å². The van der Waals surface area contributed by atoms with Crippen LogP contribution < -0.4 is 4.74 Å². The molecule has 0 aromatic heterocycles. The first-order chi connectivity index (χ1) is 14.7. The lowest BCUT2D eigenvalue weighted by Gasteiger charge is -2.43. The van der Waals surface area contributed by atoms with Crippen molar-refractivity contribution in [2.24, 2.45) is 11.8 Å². The molecule has 2 saturated heterocycles. The van der Waals surface area contributed by atoms with Gasteiger partial charge in [0.1, 0.15) is 10.8 Å². The van der Waals surface area contributed by atoms with Crippen molar-refractivity contribution in [1.82, 2.24) is 4.90 Å². The molecule has 0 amide bonds. The van der Waals surface area contributed by atoms with Crippen molar-refractivity contribution in [3.63, 3.8) is 0 Å². The number of hydrogen-bond acceptors (Lipinski definition) is 4. The summed E-state index contributed by atoms with van der Waals surface area (Å²) >= 11 is 12.4. The Labute approximate surface area is 193 Å². The molecule has 2 bridgehead atoms. The van der Waals surface area contributed by atoms with Crippen LogP contribution in [-0.2, 0) is 9.59 Å². The van der Waals surface area contributed by atoms with E-state index in [-0.39, 0.29) is 0 Å². The van der Waals surface area contributed by atoms with E-state index >= 15 is 0 Å². The molecular formula is C23H31Cl2NO5. The van der Waals surface area contributed by atoms with Gasteiger partial charge < -0.3 is 19.8 Å². The summed E-state index contributed by atoms with van der Waals surface area (Å²) in [6.45, 7) is 3.02. The molecule has 2 N–H and O–H groups in total. The molecule has 0 radical (unpaired) electrons. The Morgan fingerprint density at radius 2 is 1.87 bits per heavy atom. The number of halogens is 2. The molecule has 31 heavy (non-hydrogen) atoms. The van der Waals surface area contributed by atoms with Gasteiger partial charge in [-0.15, -0.1) is 0 Å². The minimum absolute atomic E-state index is 0.535. The number of nitrogens with zero attached hydrogens (tertiary/aromatic N) is 1. The SMILES string of the molecule is CCCC[C@H]1CC2CCC([C@@H]1COc1cccc(Cl)c1Cl)N2C.O=C(O)/C=C/C(=O)O. The van der Waals surface area contributed by atoms with Crippen LogP contribution in [0.2, 0.25) is 10.0 Å². The summed E-state index contributed by atoms with van der Waals surface area (Å²) in [6, 6.07) is 7.06. The number of benzene rings is 1. The molecule has 172 valence electrons. The summed E-state index contributed by atoms with van der Waals surface area (Å²) in [7, 11) is 2.29. The molecule has 0 saturated carbocycles. The van der Waals surface area contributed by atoms with Gasteiger partial charge in [0.05, 0.1) is 11.6 Å². The second kappa shape index (κ2) is 12.3. The normalized spacial score (nSPS) is 25.2. The van der Waals surface area contributed by atoms with E-state index in [9.17, 15) is 9.59 Å². The van der Waals surface area contributed by atoms with E-state index in [1.54, 1.807) is 6.07 Å². The maximum atomic E-state index is 9.55. The predicted molar refractivity (Wildman–Crippen MR) is 122 cm³/mol. The van der Waals surface area contributed by atoms with Crippen LogP contribution in [-0.4, -0.2) is 52.8 Å². The van der Waals surface area contributed by atoms with Gasteiger partial charge in [0.2, 0.25) is 0 Å². The van der Waals surface area contributed by atoms with Gasteiger partial charge in [0.15, 0.2) is 0 Å². The van der Waals surface area contributed by atoms with Crippen molar-refractivity contribution < 1.29 is 24.5 Å². The van der Waals surface area contributed by atoms with Gasteiger partial charge in [-0.3, -0.25) is 0 Å². The molecule has 6 nitrogen and oxygen atoms in total.